The first-order valence-electron chi connectivity index (χ1n) is 11.4. The Balaban J connectivity index is 1.43. The van der Waals surface area contributed by atoms with Crippen LogP contribution >= 0.6 is 0 Å². The van der Waals surface area contributed by atoms with Crippen LogP contribution in [0.2, 0.25) is 0 Å². The van der Waals surface area contributed by atoms with Gasteiger partial charge in [-0.2, -0.15) is 0 Å². The van der Waals surface area contributed by atoms with Gasteiger partial charge in [-0.1, -0.05) is 53.7 Å². The number of nitrogens with zero attached hydrogens (tertiary/aromatic N) is 1. The molecule has 6 heteroatoms. The lowest BCUT2D eigenvalue weighted by Crippen LogP contribution is -2.13. The quantitative estimate of drug-likeness (QED) is 0.146. The number of hydrogen-bond acceptors (Lipinski definition) is 4. The van der Waals surface area contributed by atoms with Crippen LogP contribution in [0.15, 0.2) is 82.9 Å². The Hall–Kier alpha value is -3.35. The van der Waals surface area contributed by atoms with Gasteiger partial charge in [0.15, 0.2) is 10.7 Å². The second-order valence-electron chi connectivity index (χ2n) is 8.38. The van der Waals surface area contributed by atoms with Crippen molar-refractivity contribution in [2.75, 3.05) is 12.9 Å². The third kappa shape index (κ3) is 6.21. The first kappa shape index (κ1) is 24.8. The SMILES string of the molecule is Cc1cc([S+](C)[O-])c(F)cc1/C=C1/C=C(CCON=CC(C)Oc2ccccc2)c2ccccc21. The molecule has 1 aliphatic carbocycles. The summed E-state index contributed by atoms with van der Waals surface area (Å²) in [7, 11) is 0. The van der Waals surface area contributed by atoms with Crippen molar-refractivity contribution in [3.8, 4) is 5.75 Å². The Bertz CT molecular complexity index is 1270. The van der Waals surface area contributed by atoms with E-state index in [1.54, 1.807) is 12.3 Å². The van der Waals surface area contributed by atoms with Gasteiger partial charge >= 0.3 is 0 Å². The average Bonchev–Trinajstić information content (AvgIpc) is 3.19. The summed E-state index contributed by atoms with van der Waals surface area (Å²) in [5.41, 5.74) is 6.03. The molecule has 4 rings (SSSR count). The molecule has 2 unspecified atom stereocenters. The van der Waals surface area contributed by atoms with Gasteiger partial charge in [0.05, 0.1) is 6.21 Å². The average molecular weight is 490 g/mol. The normalized spacial score (nSPS) is 15.7. The monoisotopic (exact) mass is 489 g/mol. The Kier molecular flexibility index (Phi) is 8.06. The molecule has 3 aromatic carbocycles. The van der Waals surface area contributed by atoms with Crippen molar-refractivity contribution < 1.29 is 18.5 Å². The van der Waals surface area contributed by atoms with E-state index in [0.29, 0.717) is 13.0 Å². The lowest BCUT2D eigenvalue weighted by Gasteiger charge is -2.09. The summed E-state index contributed by atoms with van der Waals surface area (Å²) in [6.45, 7) is 4.23. The fraction of sp³-hybridized carbons (Fsp3) is 0.207. The van der Waals surface area contributed by atoms with E-state index >= 15 is 0 Å². The fourth-order valence-electron chi connectivity index (χ4n) is 3.98. The second kappa shape index (κ2) is 11.4. The minimum Gasteiger partial charge on any atom is -0.612 e. The second-order valence-corrected chi connectivity index (χ2v) is 9.73. The molecule has 0 radical (unpaired) electrons. The predicted molar refractivity (Wildman–Crippen MR) is 141 cm³/mol. The summed E-state index contributed by atoms with van der Waals surface area (Å²) in [6, 6.07) is 20.9. The zero-order valence-corrected chi connectivity index (χ0v) is 20.8. The number of para-hydroxylation sites is 1. The van der Waals surface area contributed by atoms with Crippen molar-refractivity contribution in [3.05, 3.63) is 101 Å². The van der Waals surface area contributed by atoms with E-state index < -0.39 is 17.0 Å². The maximum absolute atomic E-state index is 14.5. The van der Waals surface area contributed by atoms with Crippen molar-refractivity contribution in [3.63, 3.8) is 0 Å². The highest BCUT2D eigenvalue weighted by atomic mass is 32.2. The summed E-state index contributed by atoms with van der Waals surface area (Å²) >= 11 is -1.37. The first-order chi connectivity index (χ1) is 16.9. The number of fused-ring (bicyclic) bond motifs is 1. The summed E-state index contributed by atoms with van der Waals surface area (Å²) in [5.74, 6) is 0.335. The van der Waals surface area contributed by atoms with Gasteiger partial charge < -0.3 is 14.1 Å². The molecular formula is C29H28FNO3S. The third-order valence-electron chi connectivity index (χ3n) is 5.73. The van der Waals surface area contributed by atoms with Gasteiger partial charge in [-0.25, -0.2) is 4.39 Å². The number of hydrogen-bond donors (Lipinski definition) is 0. The van der Waals surface area contributed by atoms with Gasteiger partial charge in [0, 0.05) is 6.42 Å². The number of benzene rings is 3. The van der Waals surface area contributed by atoms with Crippen LogP contribution < -0.4 is 4.74 Å². The molecule has 3 aromatic rings. The van der Waals surface area contributed by atoms with Crippen molar-refractivity contribution in [2.24, 2.45) is 5.16 Å². The van der Waals surface area contributed by atoms with Gasteiger partial charge in [-0.3, -0.25) is 0 Å². The maximum Gasteiger partial charge on any atom is 0.188 e. The zero-order valence-electron chi connectivity index (χ0n) is 20.0. The van der Waals surface area contributed by atoms with Crippen molar-refractivity contribution in [1.29, 1.82) is 0 Å². The molecule has 0 spiro atoms. The highest BCUT2D eigenvalue weighted by Crippen LogP contribution is 2.38. The molecule has 0 aliphatic heterocycles. The van der Waals surface area contributed by atoms with Crippen LogP contribution in [0, 0.1) is 12.7 Å². The first-order valence-corrected chi connectivity index (χ1v) is 13.0. The largest absolute Gasteiger partial charge is 0.612 e. The molecule has 2 atom stereocenters. The summed E-state index contributed by atoms with van der Waals surface area (Å²) in [4.78, 5) is 5.72. The Labute approximate surface area is 209 Å². The summed E-state index contributed by atoms with van der Waals surface area (Å²) in [5, 5.41) is 4.06. The smallest absolute Gasteiger partial charge is 0.188 e. The van der Waals surface area contributed by atoms with Crippen LogP contribution in [0.3, 0.4) is 0 Å². The van der Waals surface area contributed by atoms with E-state index in [-0.39, 0.29) is 11.0 Å². The lowest BCUT2D eigenvalue weighted by molar-refractivity contribution is 0.148. The van der Waals surface area contributed by atoms with E-state index in [4.69, 9.17) is 9.57 Å². The van der Waals surface area contributed by atoms with E-state index in [0.717, 1.165) is 39.1 Å². The van der Waals surface area contributed by atoms with E-state index in [2.05, 4.69) is 23.4 Å². The van der Waals surface area contributed by atoms with Gasteiger partial charge in [-0.15, -0.1) is 0 Å². The third-order valence-corrected chi connectivity index (χ3v) is 6.66. The number of aryl methyl sites for hydroxylation is 1. The van der Waals surface area contributed by atoms with Crippen molar-refractivity contribution in [2.45, 2.75) is 31.3 Å². The Morgan fingerprint density at radius 2 is 1.77 bits per heavy atom. The molecule has 0 bridgehead atoms. The fourth-order valence-corrected chi connectivity index (χ4v) is 4.66. The highest BCUT2D eigenvalue weighted by Gasteiger charge is 2.19. The van der Waals surface area contributed by atoms with Crippen LogP contribution in [0.1, 0.15) is 35.6 Å². The van der Waals surface area contributed by atoms with Crippen LogP contribution in [0.4, 0.5) is 4.39 Å². The molecule has 0 heterocycles. The maximum atomic E-state index is 14.5. The van der Waals surface area contributed by atoms with E-state index in [9.17, 15) is 8.94 Å². The molecule has 0 saturated heterocycles. The van der Waals surface area contributed by atoms with Gasteiger partial charge in [0.1, 0.15) is 24.7 Å². The summed E-state index contributed by atoms with van der Waals surface area (Å²) in [6.07, 6.45) is 7.69. The van der Waals surface area contributed by atoms with E-state index in [1.165, 1.54) is 12.3 Å². The van der Waals surface area contributed by atoms with Crippen LogP contribution in [-0.4, -0.2) is 29.7 Å². The van der Waals surface area contributed by atoms with E-state index in [1.807, 2.05) is 62.4 Å². The Morgan fingerprint density at radius 3 is 2.51 bits per heavy atom. The molecule has 0 fully saturated rings. The number of allylic oxidation sites excluding steroid dienone is 2. The topological polar surface area (TPSA) is 53.9 Å². The van der Waals surface area contributed by atoms with Gasteiger partial charge in [0.2, 0.25) is 0 Å². The summed E-state index contributed by atoms with van der Waals surface area (Å²) < 4.78 is 32.0. The molecule has 1 aliphatic rings. The van der Waals surface area contributed by atoms with Crippen molar-refractivity contribution >= 4 is 34.6 Å². The standard InChI is InChI=1S/C29H28FNO3S/c1-20-15-29(35(3)32)28(30)18-23(20)17-24-16-22(26-11-7-8-12-27(24)26)13-14-33-31-19-21(2)34-25-9-5-4-6-10-25/h4-12,15-19,21H,13-14H2,1-3H3/b24-17-,31-19?. The molecule has 35 heavy (non-hydrogen) atoms. The number of ether oxygens (including phenoxy) is 1. The van der Waals surface area contributed by atoms with Crippen LogP contribution in [0.25, 0.3) is 17.2 Å². The molecule has 180 valence electrons. The molecule has 0 saturated carbocycles. The number of rotatable bonds is 9. The van der Waals surface area contributed by atoms with Gasteiger partial charge in [-0.05, 0) is 88.8 Å². The lowest BCUT2D eigenvalue weighted by atomic mass is 10.0. The molecule has 0 N–H and O–H groups in total. The van der Waals surface area contributed by atoms with Crippen molar-refractivity contribution in [1.82, 2.24) is 0 Å². The minimum atomic E-state index is -1.37. The van der Waals surface area contributed by atoms with Crippen LogP contribution in [0.5, 0.6) is 5.75 Å². The molecule has 0 amide bonds. The number of oxime groups is 1. The van der Waals surface area contributed by atoms with Gasteiger partial charge in [0.25, 0.3) is 0 Å². The molecular weight excluding hydrogens is 461 g/mol. The zero-order chi connectivity index (χ0) is 24.8. The molecule has 0 aromatic heterocycles. The van der Waals surface area contributed by atoms with Crippen LogP contribution in [-0.2, 0) is 16.0 Å². The highest BCUT2D eigenvalue weighted by molar-refractivity contribution is 7.90. The molecule has 4 nitrogen and oxygen atoms in total. The predicted octanol–water partition coefficient (Wildman–Crippen LogP) is 6.67. The Morgan fingerprint density at radius 1 is 1.06 bits per heavy atom. The minimum absolute atomic E-state index is 0.210. The number of halogens is 1.